The van der Waals surface area contributed by atoms with Gasteiger partial charge in [0, 0.05) is 36.3 Å². The van der Waals surface area contributed by atoms with Crippen molar-refractivity contribution in [3.63, 3.8) is 0 Å². The highest BCUT2D eigenvalue weighted by Crippen LogP contribution is 2.37. The minimum atomic E-state index is -0.742. The Morgan fingerprint density at radius 1 is 0.971 bits per heavy atom. The molecule has 1 atom stereocenters. The first kappa shape index (κ1) is 20.5. The van der Waals surface area contributed by atoms with E-state index in [2.05, 4.69) is 20.3 Å². The first-order valence-corrected chi connectivity index (χ1v) is 11.0. The summed E-state index contributed by atoms with van der Waals surface area (Å²) in [4.78, 5) is 7.68. The Kier molecular flexibility index (Phi) is 5.06. The highest BCUT2D eigenvalue weighted by Gasteiger charge is 2.27. The second-order valence-electron chi connectivity index (χ2n) is 8.03. The van der Waals surface area contributed by atoms with Gasteiger partial charge in [0.25, 0.3) is 0 Å². The molecular weight excluding hydrogens is 440 g/mol. The van der Waals surface area contributed by atoms with Crippen LogP contribution in [0.3, 0.4) is 0 Å². The number of rotatable bonds is 4. The Bertz CT molecular complexity index is 1480. The molecule has 8 nitrogen and oxygen atoms in total. The van der Waals surface area contributed by atoms with Crippen molar-refractivity contribution in [1.82, 2.24) is 34.7 Å². The molecule has 170 valence electrons. The predicted molar refractivity (Wildman–Crippen MR) is 120 cm³/mol. The minimum absolute atomic E-state index is 0.0787. The van der Waals surface area contributed by atoms with Crippen LogP contribution in [0.25, 0.3) is 39.1 Å². The standard InChI is InChI=1S/C24H19F2N7O/c25-22-16(17-4-3-10-28-24(17)26)6-7-19-21(22)23(30-33(19)20-5-1-2-13-34-20)18-14-32(31-29-18)15-8-11-27-12-9-15/h3-4,6-12,14,20H,1-2,5,13H2. The van der Waals surface area contributed by atoms with E-state index in [0.29, 0.717) is 23.5 Å². The van der Waals surface area contributed by atoms with Crippen LogP contribution in [0.5, 0.6) is 0 Å². The number of pyridine rings is 2. The van der Waals surface area contributed by atoms with Crippen LogP contribution in [-0.4, -0.2) is 41.3 Å². The number of fused-ring (bicyclic) bond motifs is 1. The lowest BCUT2D eigenvalue weighted by atomic mass is 10.0. The van der Waals surface area contributed by atoms with Gasteiger partial charge in [0.15, 0.2) is 6.23 Å². The van der Waals surface area contributed by atoms with Gasteiger partial charge < -0.3 is 4.74 Å². The summed E-state index contributed by atoms with van der Waals surface area (Å²) < 4.78 is 39.7. The minimum Gasteiger partial charge on any atom is -0.356 e. The molecule has 1 unspecified atom stereocenters. The van der Waals surface area contributed by atoms with Crippen molar-refractivity contribution in [2.45, 2.75) is 25.5 Å². The van der Waals surface area contributed by atoms with E-state index in [1.165, 1.54) is 12.3 Å². The Balaban J connectivity index is 1.56. The Labute approximate surface area is 192 Å². The summed E-state index contributed by atoms with van der Waals surface area (Å²) >= 11 is 0. The number of halogens is 2. The number of hydrogen-bond donors (Lipinski definition) is 0. The van der Waals surface area contributed by atoms with Crippen molar-refractivity contribution in [3.8, 4) is 28.2 Å². The van der Waals surface area contributed by atoms with Crippen molar-refractivity contribution in [1.29, 1.82) is 0 Å². The fourth-order valence-electron chi connectivity index (χ4n) is 4.30. The molecule has 0 amide bonds. The first-order valence-electron chi connectivity index (χ1n) is 11.0. The van der Waals surface area contributed by atoms with Crippen molar-refractivity contribution in [2.24, 2.45) is 0 Å². The summed E-state index contributed by atoms with van der Waals surface area (Å²) in [5, 5.41) is 13.4. The van der Waals surface area contributed by atoms with Gasteiger partial charge in [-0.05, 0) is 55.7 Å². The monoisotopic (exact) mass is 459 g/mol. The number of benzene rings is 1. The van der Waals surface area contributed by atoms with E-state index in [9.17, 15) is 4.39 Å². The van der Waals surface area contributed by atoms with Gasteiger partial charge in [0.2, 0.25) is 5.95 Å². The fraction of sp³-hybridized carbons (Fsp3) is 0.208. The quantitative estimate of drug-likeness (QED) is 0.362. The number of hydrogen-bond acceptors (Lipinski definition) is 6. The van der Waals surface area contributed by atoms with E-state index in [1.807, 2.05) is 0 Å². The maximum atomic E-state index is 16.0. The van der Waals surface area contributed by atoms with E-state index in [4.69, 9.17) is 9.84 Å². The zero-order valence-corrected chi connectivity index (χ0v) is 18.0. The van der Waals surface area contributed by atoms with Gasteiger partial charge in [0.05, 0.1) is 22.8 Å². The third-order valence-corrected chi connectivity index (χ3v) is 5.95. The third-order valence-electron chi connectivity index (χ3n) is 5.95. The van der Waals surface area contributed by atoms with Gasteiger partial charge in [-0.3, -0.25) is 4.98 Å². The van der Waals surface area contributed by atoms with Crippen LogP contribution in [-0.2, 0) is 4.74 Å². The van der Waals surface area contributed by atoms with Gasteiger partial charge in [0.1, 0.15) is 17.2 Å². The maximum absolute atomic E-state index is 16.0. The summed E-state index contributed by atoms with van der Waals surface area (Å²) in [5.74, 6) is -1.34. The molecule has 1 aliphatic heterocycles. The van der Waals surface area contributed by atoms with Crippen LogP contribution in [0, 0.1) is 11.8 Å². The average molecular weight is 459 g/mol. The highest BCUT2D eigenvalue weighted by molar-refractivity contribution is 5.96. The molecule has 5 aromatic rings. The van der Waals surface area contributed by atoms with Crippen LogP contribution < -0.4 is 0 Å². The molecule has 1 aliphatic rings. The molecule has 0 bridgehead atoms. The molecule has 4 aromatic heterocycles. The molecule has 0 spiro atoms. The normalized spacial score (nSPS) is 16.2. The zero-order valence-electron chi connectivity index (χ0n) is 18.0. The summed E-state index contributed by atoms with van der Waals surface area (Å²) in [5.41, 5.74) is 2.18. The lowest BCUT2D eigenvalue weighted by Crippen LogP contribution is -2.19. The number of ether oxygens (including phenoxy) is 1. The predicted octanol–water partition coefficient (Wildman–Crippen LogP) is 4.72. The Morgan fingerprint density at radius 2 is 1.85 bits per heavy atom. The molecule has 0 N–H and O–H groups in total. The van der Waals surface area contributed by atoms with Crippen LogP contribution in [0.1, 0.15) is 25.5 Å². The molecule has 0 radical (unpaired) electrons. The van der Waals surface area contributed by atoms with Crippen LogP contribution in [0.4, 0.5) is 8.78 Å². The summed E-state index contributed by atoms with van der Waals surface area (Å²) in [6.07, 6.45) is 8.71. The maximum Gasteiger partial charge on any atom is 0.220 e. The van der Waals surface area contributed by atoms with E-state index in [1.54, 1.807) is 58.3 Å². The summed E-state index contributed by atoms with van der Waals surface area (Å²) in [6.45, 7) is 0.612. The molecular formula is C24H19F2N7O. The molecule has 10 heteroatoms. The van der Waals surface area contributed by atoms with Gasteiger partial charge in [-0.1, -0.05) is 5.21 Å². The second kappa shape index (κ2) is 8.38. The van der Waals surface area contributed by atoms with Crippen molar-refractivity contribution < 1.29 is 13.5 Å². The van der Waals surface area contributed by atoms with E-state index >= 15 is 4.39 Å². The molecule has 6 rings (SSSR count). The zero-order chi connectivity index (χ0) is 23.1. The molecule has 1 saturated heterocycles. The smallest absolute Gasteiger partial charge is 0.220 e. The van der Waals surface area contributed by atoms with E-state index in [0.717, 1.165) is 24.9 Å². The lowest BCUT2D eigenvalue weighted by molar-refractivity contribution is -0.0365. The van der Waals surface area contributed by atoms with Crippen LogP contribution >= 0.6 is 0 Å². The SMILES string of the molecule is Fc1ncccc1-c1ccc2c(c(-c3cn(-c4ccncc4)nn3)nn2C2CCCCO2)c1F. The average Bonchev–Trinajstić information content (AvgIpc) is 3.52. The van der Waals surface area contributed by atoms with E-state index in [-0.39, 0.29) is 22.7 Å². The molecule has 34 heavy (non-hydrogen) atoms. The van der Waals surface area contributed by atoms with E-state index < -0.39 is 11.8 Å². The van der Waals surface area contributed by atoms with Gasteiger partial charge in [-0.2, -0.15) is 9.49 Å². The highest BCUT2D eigenvalue weighted by atomic mass is 19.1. The largest absolute Gasteiger partial charge is 0.356 e. The van der Waals surface area contributed by atoms with Crippen LogP contribution in [0.2, 0.25) is 0 Å². The number of aromatic nitrogens is 7. The van der Waals surface area contributed by atoms with Gasteiger partial charge >= 0.3 is 0 Å². The Hall–Kier alpha value is -4.05. The molecule has 1 aromatic carbocycles. The first-order chi connectivity index (χ1) is 16.7. The number of nitrogens with zero attached hydrogens (tertiary/aromatic N) is 7. The molecule has 0 saturated carbocycles. The fourth-order valence-corrected chi connectivity index (χ4v) is 4.30. The molecule has 1 fully saturated rings. The Morgan fingerprint density at radius 3 is 2.65 bits per heavy atom. The summed E-state index contributed by atoms with van der Waals surface area (Å²) in [7, 11) is 0. The lowest BCUT2D eigenvalue weighted by Gasteiger charge is -2.23. The topological polar surface area (TPSA) is 83.5 Å². The van der Waals surface area contributed by atoms with Gasteiger partial charge in [-0.25, -0.2) is 18.7 Å². The molecule has 5 heterocycles. The van der Waals surface area contributed by atoms with Crippen LogP contribution in [0.15, 0.2) is 61.2 Å². The second-order valence-corrected chi connectivity index (χ2v) is 8.03. The van der Waals surface area contributed by atoms with Gasteiger partial charge in [-0.15, -0.1) is 5.10 Å². The molecule has 0 aliphatic carbocycles. The van der Waals surface area contributed by atoms with Crippen molar-refractivity contribution in [2.75, 3.05) is 6.61 Å². The summed E-state index contributed by atoms with van der Waals surface area (Å²) in [6, 6.07) is 9.94. The third kappa shape index (κ3) is 3.43. The van der Waals surface area contributed by atoms with Crippen molar-refractivity contribution in [3.05, 3.63) is 73.0 Å². The van der Waals surface area contributed by atoms with Crippen molar-refractivity contribution >= 4 is 10.9 Å².